The Morgan fingerprint density at radius 1 is 1.35 bits per heavy atom. The van der Waals surface area contributed by atoms with Crippen LogP contribution in [0.5, 0.6) is 5.75 Å². The molecule has 0 unspecified atom stereocenters. The van der Waals surface area contributed by atoms with Gasteiger partial charge in [0.1, 0.15) is 11.8 Å². The largest absolute Gasteiger partial charge is 0.497 e. The standard InChI is InChI=1S/C17H25N3O3/c1-4-19(5-2)16(21)15-10-7-11-20(15)17(22)18-13-8-6-9-14(12-13)23-3/h6,8-9,12,15H,4-5,7,10-11H2,1-3H3,(H,18,22)/t15-/m1/s1. The minimum Gasteiger partial charge on any atom is -0.497 e. The Kier molecular flexibility index (Phi) is 5.84. The molecule has 126 valence electrons. The molecule has 0 spiro atoms. The molecule has 1 aromatic rings. The van der Waals surface area contributed by atoms with Gasteiger partial charge in [0, 0.05) is 31.4 Å². The first-order chi connectivity index (χ1) is 11.1. The van der Waals surface area contributed by atoms with E-state index in [1.807, 2.05) is 26.0 Å². The Bertz CT molecular complexity index is 558. The topological polar surface area (TPSA) is 61.9 Å². The second-order valence-corrected chi connectivity index (χ2v) is 5.52. The van der Waals surface area contributed by atoms with Crippen molar-refractivity contribution in [1.82, 2.24) is 9.80 Å². The van der Waals surface area contributed by atoms with Crippen LogP contribution in [0.15, 0.2) is 24.3 Å². The average Bonchev–Trinajstić information content (AvgIpc) is 3.05. The molecule has 1 heterocycles. The van der Waals surface area contributed by atoms with Gasteiger partial charge in [-0.3, -0.25) is 4.79 Å². The molecular weight excluding hydrogens is 294 g/mol. The lowest BCUT2D eigenvalue weighted by Crippen LogP contribution is -2.49. The van der Waals surface area contributed by atoms with Gasteiger partial charge in [-0.25, -0.2) is 4.79 Å². The Morgan fingerprint density at radius 3 is 2.74 bits per heavy atom. The van der Waals surface area contributed by atoms with E-state index < -0.39 is 0 Å². The summed E-state index contributed by atoms with van der Waals surface area (Å²) in [6, 6.07) is 6.60. The molecule has 1 saturated heterocycles. The van der Waals surface area contributed by atoms with E-state index in [1.165, 1.54) is 0 Å². The van der Waals surface area contributed by atoms with Crippen molar-refractivity contribution in [2.75, 3.05) is 32.1 Å². The van der Waals surface area contributed by atoms with Gasteiger partial charge in [0.15, 0.2) is 0 Å². The first kappa shape index (κ1) is 17.1. The highest BCUT2D eigenvalue weighted by Gasteiger charge is 2.35. The van der Waals surface area contributed by atoms with Gasteiger partial charge in [-0.15, -0.1) is 0 Å². The van der Waals surface area contributed by atoms with Gasteiger partial charge in [-0.1, -0.05) is 6.07 Å². The van der Waals surface area contributed by atoms with E-state index in [1.54, 1.807) is 29.0 Å². The molecule has 1 N–H and O–H groups in total. The Labute approximate surface area is 137 Å². The molecule has 0 aliphatic carbocycles. The molecule has 0 aromatic heterocycles. The van der Waals surface area contributed by atoms with Crippen molar-refractivity contribution >= 4 is 17.6 Å². The monoisotopic (exact) mass is 319 g/mol. The predicted octanol–water partition coefficient (Wildman–Crippen LogP) is 2.56. The second kappa shape index (κ2) is 7.85. The van der Waals surface area contributed by atoms with Crippen LogP contribution in [-0.2, 0) is 4.79 Å². The van der Waals surface area contributed by atoms with Crippen molar-refractivity contribution in [2.45, 2.75) is 32.7 Å². The number of anilines is 1. The number of ether oxygens (including phenoxy) is 1. The number of urea groups is 1. The Hall–Kier alpha value is -2.24. The summed E-state index contributed by atoms with van der Waals surface area (Å²) in [5, 5.41) is 2.85. The maximum atomic E-state index is 12.6. The van der Waals surface area contributed by atoms with Gasteiger partial charge in [0.2, 0.25) is 5.91 Å². The molecule has 6 nitrogen and oxygen atoms in total. The van der Waals surface area contributed by atoms with Crippen molar-refractivity contribution in [2.24, 2.45) is 0 Å². The third-order valence-corrected chi connectivity index (χ3v) is 4.19. The summed E-state index contributed by atoms with van der Waals surface area (Å²) < 4.78 is 5.16. The molecule has 1 aliphatic heterocycles. The van der Waals surface area contributed by atoms with Gasteiger partial charge >= 0.3 is 6.03 Å². The number of methoxy groups -OCH3 is 1. The molecule has 1 atom stereocenters. The van der Waals surface area contributed by atoms with Crippen LogP contribution in [0.4, 0.5) is 10.5 Å². The van der Waals surface area contributed by atoms with Crippen molar-refractivity contribution < 1.29 is 14.3 Å². The van der Waals surface area contributed by atoms with Crippen LogP contribution in [0.1, 0.15) is 26.7 Å². The molecular formula is C17H25N3O3. The number of likely N-dealkylation sites (N-methyl/N-ethyl adjacent to an activating group) is 1. The fraction of sp³-hybridized carbons (Fsp3) is 0.529. The van der Waals surface area contributed by atoms with E-state index in [9.17, 15) is 9.59 Å². The van der Waals surface area contributed by atoms with E-state index in [0.717, 1.165) is 12.8 Å². The SMILES string of the molecule is CCN(CC)C(=O)[C@H]1CCCN1C(=O)Nc1cccc(OC)c1. The number of carbonyl (C=O) groups is 2. The Morgan fingerprint density at radius 2 is 2.09 bits per heavy atom. The van der Waals surface area contributed by atoms with E-state index in [2.05, 4.69) is 5.32 Å². The van der Waals surface area contributed by atoms with E-state index in [0.29, 0.717) is 31.1 Å². The third kappa shape index (κ3) is 3.94. The summed E-state index contributed by atoms with van der Waals surface area (Å²) >= 11 is 0. The van der Waals surface area contributed by atoms with Crippen LogP contribution in [0.3, 0.4) is 0 Å². The molecule has 1 aliphatic rings. The second-order valence-electron chi connectivity index (χ2n) is 5.52. The molecule has 1 aromatic carbocycles. The van der Waals surface area contributed by atoms with Crippen molar-refractivity contribution in [1.29, 1.82) is 0 Å². The van der Waals surface area contributed by atoms with Gasteiger partial charge in [-0.2, -0.15) is 0 Å². The molecule has 0 bridgehead atoms. The van der Waals surface area contributed by atoms with Crippen molar-refractivity contribution in [3.05, 3.63) is 24.3 Å². The minimum atomic E-state index is -0.361. The zero-order chi connectivity index (χ0) is 16.8. The molecule has 0 radical (unpaired) electrons. The number of hydrogen-bond donors (Lipinski definition) is 1. The number of nitrogens with zero attached hydrogens (tertiary/aromatic N) is 2. The Balaban J connectivity index is 2.06. The lowest BCUT2D eigenvalue weighted by atomic mass is 10.2. The molecule has 3 amide bonds. The van der Waals surface area contributed by atoms with Crippen LogP contribution in [0.2, 0.25) is 0 Å². The van der Waals surface area contributed by atoms with E-state index >= 15 is 0 Å². The highest BCUT2D eigenvalue weighted by atomic mass is 16.5. The lowest BCUT2D eigenvalue weighted by Gasteiger charge is -2.29. The molecule has 0 saturated carbocycles. The lowest BCUT2D eigenvalue weighted by molar-refractivity contribution is -0.134. The number of hydrogen-bond acceptors (Lipinski definition) is 3. The summed E-state index contributed by atoms with van der Waals surface area (Å²) in [7, 11) is 1.58. The normalized spacial score (nSPS) is 17.0. The first-order valence-electron chi connectivity index (χ1n) is 8.11. The number of amides is 3. The summed E-state index contributed by atoms with van der Waals surface area (Å²) in [5.74, 6) is 0.716. The summed E-state index contributed by atoms with van der Waals surface area (Å²) in [6.07, 6.45) is 1.57. The van der Waals surface area contributed by atoms with Crippen LogP contribution in [-0.4, -0.2) is 54.5 Å². The number of nitrogens with one attached hydrogen (secondary N) is 1. The highest BCUT2D eigenvalue weighted by molar-refractivity contribution is 5.94. The van der Waals surface area contributed by atoms with Gasteiger partial charge in [-0.05, 0) is 38.8 Å². The van der Waals surface area contributed by atoms with Gasteiger partial charge in [0.05, 0.1) is 7.11 Å². The zero-order valence-electron chi connectivity index (χ0n) is 14.0. The minimum absolute atomic E-state index is 0.0355. The third-order valence-electron chi connectivity index (χ3n) is 4.19. The molecule has 6 heteroatoms. The highest BCUT2D eigenvalue weighted by Crippen LogP contribution is 2.22. The van der Waals surface area contributed by atoms with Crippen LogP contribution >= 0.6 is 0 Å². The summed E-state index contributed by atoms with van der Waals surface area (Å²) in [6.45, 7) is 5.84. The maximum Gasteiger partial charge on any atom is 0.322 e. The maximum absolute atomic E-state index is 12.6. The quantitative estimate of drug-likeness (QED) is 0.907. The van der Waals surface area contributed by atoms with Crippen molar-refractivity contribution in [3.63, 3.8) is 0 Å². The summed E-state index contributed by atoms with van der Waals surface area (Å²) in [4.78, 5) is 28.5. The van der Waals surface area contributed by atoms with E-state index in [4.69, 9.17) is 4.74 Å². The van der Waals surface area contributed by atoms with Crippen LogP contribution < -0.4 is 10.1 Å². The number of benzene rings is 1. The summed E-state index contributed by atoms with van der Waals surface area (Å²) in [5.41, 5.74) is 0.662. The molecule has 1 fully saturated rings. The average molecular weight is 319 g/mol. The first-order valence-corrected chi connectivity index (χ1v) is 8.11. The number of likely N-dealkylation sites (tertiary alicyclic amines) is 1. The molecule has 2 rings (SSSR count). The number of carbonyl (C=O) groups excluding carboxylic acids is 2. The predicted molar refractivity (Wildman–Crippen MR) is 89.7 cm³/mol. The zero-order valence-corrected chi connectivity index (χ0v) is 14.0. The smallest absolute Gasteiger partial charge is 0.322 e. The van der Waals surface area contributed by atoms with Crippen molar-refractivity contribution in [3.8, 4) is 5.75 Å². The fourth-order valence-electron chi connectivity index (χ4n) is 2.91. The van der Waals surface area contributed by atoms with Crippen LogP contribution in [0, 0.1) is 0 Å². The van der Waals surface area contributed by atoms with Gasteiger partial charge < -0.3 is 19.9 Å². The van der Waals surface area contributed by atoms with Gasteiger partial charge in [0.25, 0.3) is 0 Å². The number of rotatable bonds is 5. The fourth-order valence-corrected chi connectivity index (χ4v) is 2.91. The molecule has 23 heavy (non-hydrogen) atoms. The van der Waals surface area contributed by atoms with E-state index in [-0.39, 0.29) is 18.0 Å². The van der Waals surface area contributed by atoms with Crippen LogP contribution in [0.25, 0.3) is 0 Å².